The first kappa shape index (κ1) is 13.1. The minimum Gasteiger partial charge on any atom is -0.478 e. The molecular formula is C11H10N4O3S. The molecule has 0 bridgehead atoms. The van der Waals surface area contributed by atoms with Gasteiger partial charge in [-0.25, -0.2) is 9.78 Å². The Bertz CT molecular complexity index is 626. The van der Waals surface area contributed by atoms with Crippen LogP contribution in [0.1, 0.15) is 32.6 Å². The predicted molar refractivity (Wildman–Crippen MR) is 68.4 cm³/mol. The highest BCUT2D eigenvalue weighted by atomic mass is 32.1. The Labute approximate surface area is 112 Å². The van der Waals surface area contributed by atoms with Crippen LogP contribution in [-0.2, 0) is 6.42 Å². The van der Waals surface area contributed by atoms with E-state index >= 15 is 0 Å². The lowest BCUT2D eigenvalue weighted by Crippen LogP contribution is -2.14. The molecule has 0 saturated heterocycles. The van der Waals surface area contributed by atoms with Gasteiger partial charge in [0.15, 0.2) is 0 Å². The molecule has 2 N–H and O–H groups in total. The van der Waals surface area contributed by atoms with Gasteiger partial charge in [0.2, 0.25) is 0 Å². The summed E-state index contributed by atoms with van der Waals surface area (Å²) in [7, 11) is 0. The van der Waals surface area contributed by atoms with Crippen LogP contribution in [0.15, 0.2) is 18.3 Å². The van der Waals surface area contributed by atoms with Gasteiger partial charge >= 0.3 is 5.97 Å². The van der Waals surface area contributed by atoms with E-state index in [1.165, 1.54) is 18.3 Å². The van der Waals surface area contributed by atoms with Crippen LogP contribution < -0.4 is 5.32 Å². The minimum absolute atomic E-state index is 0.0587. The van der Waals surface area contributed by atoms with Crippen molar-refractivity contribution >= 4 is 29.2 Å². The second kappa shape index (κ2) is 5.53. The molecule has 19 heavy (non-hydrogen) atoms. The van der Waals surface area contributed by atoms with Crippen molar-refractivity contribution < 1.29 is 14.7 Å². The molecule has 8 heteroatoms. The number of anilines is 1. The average Bonchev–Trinajstić information content (AvgIpc) is 2.87. The van der Waals surface area contributed by atoms with Crippen LogP contribution in [0.4, 0.5) is 5.82 Å². The second-order valence-electron chi connectivity index (χ2n) is 3.59. The maximum Gasteiger partial charge on any atom is 0.335 e. The van der Waals surface area contributed by atoms with E-state index in [2.05, 4.69) is 19.9 Å². The van der Waals surface area contributed by atoms with Gasteiger partial charge in [-0.2, -0.15) is 0 Å². The fourth-order valence-corrected chi connectivity index (χ4v) is 2.06. The van der Waals surface area contributed by atoms with E-state index < -0.39 is 5.97 Å². The first-order chi connectivity index (χ1) is 9.11. The highest BCUT2D eigenvalue weighted by Gasteiger charge is 2.16. The number of rotatable bonds is 4. The van der Waals surface area contributed by atoms with Gasteiger partial charge in [0.05, 0.1) is 11.3 Å². The molecule has 0 aliphatic carbocycles. The maximum absolute atomic E-state index is 12.0. The van der Waals surface area contributed by atoms with E-state index in [0.717, 1.165) is 11.5 Å². The molecule has 0 unspecified atom stereocenters. The third-order valence-electron chi connectivity index (χ3n) is 2.35. The van der Waals surface area contributed by atoms with Crippen LogP contribution >= 0.6 is 11.5 Å². The summed E-state index contributed by atoms with van der Waals surface area (Å²) >= 11 is 0.995. The number of hydrogen-bond acceptors (Lipinski definition) is 6. The van der Waals surface area contributed by atoms with E-state index in [1.54, 1.807) is 0 Å². The fourth-order valence-electron chi connectivity index (χ4n) is 1.42. The van der Waals surface area contributed by atoms with Crippen LogP contribution in [-0.4, -0.2) is 31.6 Å². The van der Waals surface area contributed by atoms with Gasteiger partial charge < -0.3 is 10.4 Å². The average molecular weight is 278 g/mol. The summed E-state index contributed by atoms with van der Waals surface area (Å²) in [6, 6.07) is 2.64. The highest BCUT2D eigenvalue weighted by molar-refractivity contribution is 7.08. The molecule has 7 nitrogen and oxygen atoms in total. The van der Waals surface area contributed by atoms with Gasteiger partial charge in [0, 0.05) is 6.20 Å². The predicted octanol–water partition coefficient (Wildman–Crippen LogP) is 1.45. The van der Waals surface area contributed by atoms with Crippen LogP contribution in [0.25, 0.3) is 0 Å². The Kier molecular flexibility index (Phi) is 3.81. The van der Waals surface area contributed by atoms with Gasteiger partial charge in [-0.3, -0.25) is 4.79 Å². The molecule has 1 amide bonds. The van der Waals surface area contributed by atoms with E-state index in [-0.39, 0.29) is 17.3 Å². The van der Waals surface area contributed by atoms with Gasteiger partial charge in [0.25, 0.3) is 5.91 Å². The number of nitrogens with one attached hydrogen (secondary N) is 1. The lowest BCUT2D eigenvalue weighted by Gasteiger charge is -2.03. The second-order valence-corrected chi connectivity index (χ2v) is 4.35. The smallest absolute Gasteiger partial charge is 0.335 e. The number of carboxylic acid groups (broad SMARTS) is 1. The van der Waals surface area contributed by atoms with E-state index in [1.807, 2.05) is 6.92 Å². The molecule has 0 saturated carbocycles. The summed E-state index contributed by atoms with van der Waals surface area (Å²) in [4.78, 5) is 27.1. The molecule has 2 heterocycles. The molecule has 2 aromatic heterocycles. The van der Waals surface area contributed by atoms with Crippen molar-refractivity contribution in [2.75, 3.05) is 5.32 Å². The quantitative estimate of drug-likeness (QED) is 0.876. The minimum atomic E-state index is -1.08. The molecule has 0 atom stereocenters. The van der Waals surface area contributed by atoms with Crippen LogP contribution in [0.5, 0.6) is 0 Å². The lowest BCUT2D eigenvalue weighted by atomic mass is 10.2. The normalized spacial score (nSPS) is 10.2. The monoisotopic (exact) mass is 278 g/mol. The number of aryl methyl sites for hydroxylation is 1. The van der Waals surface area contributed by atoms with Crippen molar-refractivity contribution in [3.05, 3.63) is 34.5 Å². The third kappa shape index (κ3) is 2.91. The molecule has 0 aliphatic heterocycles. The Morgan fingerprint density at radius 2 is 2.26 bits per heavy atom. The third-order valence-corrected chi connectivity index (χ3v) is 3.11. The first-order valence-electron chi connectivity index (χ1n) is 5.43. The van der Waals surface area contributed by atoms with E-state index in [4.69, 9.17) is 5.11 Å². The standard InChI is InChI=1S/C11H10N4O3S/c1-2-7-9(19-15-14-7)10(16)13-8-5-6(11(17)18)3-4-12-8/h3-5H,2H2,1H3,(H,17,18)(H,12,13,16). The summed E-state index contributed by atoms with van der Waals surface area (Å²) in [6.45, 7) is 1.87. The highest BCUT2D eigenvalue weighted by Crippen LogP contribution is 2.14. The molecule has 98 valence electrons. The van der Waals surface area contributed by atoms with Crippen LogP contribution in [0.2, 0.25) is 0 Å². The molecule has 0 fully saturated rings. The number of carbonyl (C=O) groups excluding carboxylic acids is 1. The molecule has 0 aromatic carbocycles. The van der Waals surface area contributed by atoms with Crippen molar-refractivity contribution in [2.24, 2.45) is 0 Å². The number of carboxylic acids is 1. The SMILES string of the molecule is CCc1nnsc1C(=O)Nc1cc(C(=O)O)ccn1. The topological polar surface area (TPSA) is 105 Å². The Balaban J connectivity index is 2.19. The Morgan fingerprint density at radius 1 is 1.47 bits per heavy atom. The van der Waals surface area contributed by atoms with Gasteiger partial charge in [-0.15, -0.1) is 5.10 Å². The van der Waals surface area contributed by atoms with Gasteiger partial charge in [-0.05, 0) is 30.1 Å². The number of nitrogens with zero attached hydrogens (tertiary/aromatic N) is 3. The Hall–Kier alpha value is -2.35. The number of aromatic nitrogens is 3. The molecule has 0 aliphatic rings. The zero-order valence-corrected chi connectivity index (χ0v) is 10.8. The Morgan fingerprint density at radius 3 is 2.95 bits per heavy atom. The summed E-state index contributed by atoms with van der Waals surface area (Å²) in [5, 5.41) is 15.2. The lowest BCUT2D eigenvalue weighted by molar-refractivity contribution is 0.0696. The summed E-state index contributed by atoms with van der Waals surface area (Å²) < 4.78 is 3.72. The van der Waals surface area contributed by atoms with E-state index in [0.29, 0.717) is 17.0 Å². The molecule has 2 rings (SSSR count). The van der Waals surface area contributed by atoms with Crippen molar-refractivity contribution in [3.63, 3.8) is 0 Å². The molecule has 0 spiro atoms. The first-order valence-corrected chi connectivity index (χ1v) is 6.21. The number of pyridine rings is 1. The van der Waals surface area contributed by atoms with Gasteiger partial charge in [-0.1, -0.05) is 11.4 Å². The van der Waals surface area contributed by atoms with Crippen molar-refractivity contribution in [1.29, 1.82) is 0 Å². The summed E-state index contributed by atoms with van der Waals surface area (Å²) in [6.07, 6.45) is 1.92. The molecule has 0 radical (unpaired) electrons. The van der Waals surface area contributed by atoms with Crippen LogP contribution in [0, 0.1) is 0 Å². The van der Waals surface area contributed by atoms with Gasteiger partial charge in [0.1, 0.15) is 10.7 Å². The number of carbonyl (C=O) groups is 2. The fraction of sp³-hybridized carbons (Fsp3) is 0.182. The van der Waals surface area contributed by atoms with E-state index in [9.17, 15) is 9.59 Å². The largest absolute Gasteiger partial charge is 0.478 e. The maximum atomic E-state index is 12.0. The number of hydrogen-bond donors (Lipinski definition) is 2. The molecule has 2 aromatic rings. The number of amides is 1. The van der Waals surface area contributed by atoms with Crippen LogP contribution in [0.3, 0.4) is 0 Å². The zero-order chi connectivity index (χ0) is 13.8. The summed E-state index contributed by atoms with van der Waals surface area (Å²) in [5.74, 6) is -1.28. The summed E-state index contributed by atoms with van der Waals surface area (Å²) in [5.41, 5.74) is 0.667. The van der Waals surface area contributed by atoms with Crippen molar-refractivity contribution in [2.45, 2.75) is 13.3 Å². The van der Waals surface area contributed by atoms with Crippen molar-refractivity contribution in [3.8, 4) is 0 Å². The molecular weight excluding hydrogens is 268 g/mol. The van der Waals surface area contributed by atoms with Crippen molar-refractivity contribution in [1.82, 2.24) is 14.6 Å². The zero-order valence-electron chi connectivity index (χ0n) is 9.95. The number of aromatic carboxylic acids is 1.